The second-order valence-electron chi connectivity index (χ2n) is 4.61. The summed E-state index contributed by atoms with van der Waals surface area (Å²) in [6, 6.07) is 7.95. The minimum Gasteiger partial charge on any atom is -0.322 e. The quantitative estimate of drug-likeness (QED) is 0.274. The highest BCUT2D eigenvalue weighted by molar-refractivity contribution is 8.13. The number of carbonyl (C=O) groups is 1. The van der Waals surface area contributed by atoms with Crippen LogP contribution in [0.2, 0.25) is 5.02 Å². The van der Waals surface area contributed by atoms with E-state index in [9.17, 15) is 13.6 Å². The molecule has 9 heteroatoms. The van der Waals surface area contributed by atoms with Crippen molar-refractivity contribution < 1.29 is 13.6 Å². The number of halogens is 3. The van der Waals surface area contributed by atoms with Crippen LogP contribution in [0.4, 0.5) is 20.2 Å². The number of rotatable bonds is 3. The molecule has 0 aliphatic carbocycles. The SMILES string of the molecule is CSC(=Nc1cccc(NC(=O)c2cc(F)c(F)cc2Cl)c1)NC#N. The van der Waals surface area contributed by atoms with E-state index < -0.39 is 17.5 Å². The Morgan fingerprint density at radius 1 is 1.28 bits per heavy atom. The number of nitriles is 1. The van der Waals surface area contributed by atoms with Gasteiger partial charge in [0.1, 0.15) is 0 Å². The Kier molecular flexibility index (Phi) is 6.33. The highest BCUT2D eigenvalue weighted by atomic mass is 35.5. The molecule has 0 saturated carbocycles. The van der Waals surface area contributed by atoms with Gasteiger partial charge in [0, 0.05) is 5.69 Å². The zero-order valence-corrected chi connectivity index (χ0v) is 14.4. The Morgan fingerprint density at radius 3 is 2.68 bits per heavy atom. The summed E-state index contributed by atoms with van der Waals surface area (Å²) in [5, 5.41) is 13.8. The van der Waals surface area contributed by atoms with Crippen molar-refractivity contribution in [1.29, 1.82) is 5.26 Å². The third-order valence-electron chi connectivity index (χ3n) is 2.95. The largest absolute Gasteiger partial charge is 0.322 e. The number of carbonyl (C=O) groups excluding carboxylic acids is 1. The van der Waals surface area contributed by atoms with Gasteiger partial charge >= 0.3 is 0 Å². The van der Waals surface area contributed by atoms with Crippen molar-refractivity contribution in [2.75, 3.05) is 11.6 Å². The van der Waals surface area contributed by atoms with Crippen LogP contribution in [-0.2, 0) is 0 Å². The molecule has 0 heterocycles. The van der Waals surface area contributed by atoms with Crippen LogP contribution in [0.5, 0.6) is 0 Å². The fraction of sp³-hybridized carbons (Fsp3) is 0.0625. The maximum atomic E-state index is 13.3. The van der Waals surface area contributed by atoms with Crippen molar-refractivity contribution in [1.82, 2.24) is 5.32 Å². The predicted octanol–water partition coefficient (Wildman–Crippen LogP) is 4.29. The van der Waals surface area contributed by atoms with Crippen LogP contribution in [0.1, 0.15) is 10.4 Å². The summed E-state index contributed by atoms with van der Waals surface area (Å²) < 4.78 is 26.4. The first-order valence-corrected chi connectivity index (χ1v) is 8.38. The van der Waals surface area contributed by atoms with Gasteiger partial charge in [-0.3, -0.25) is 10.1 Å². The van der Waals surface area contributed by atoms with Crippen LogP contribution in [0.3, 0.4) is 0 Å². The van der Waals surface area contributed by atoms with Crippen molar-refractivity contribution in [2.45, 2.75) is 0 Å². The number of benzene rings is 2. The fourth-order valence-electron chi connectivity index (χ4n) is 1.84. The molecule has 0 unspecified atom stereocenters. The number of nitrogens with one attached hydrogen (secondary N) is 2. The van der Waals surface area contributed by atoms with E-state index in [1.165, 1.54) is 11.8 Å². The van der Waals surface area contributed by atoms with Crippen LogP contribution < -0.4 is 10.6 Å². The average Bonchev–Trinajstić information content (AvgIpc) is 2.58. The molecular weight excluding hydrogens is 370 g/mol. The molecule has 2 N–H and O–H groups in total. The zero-order valence-electron chi connectivity index (χ0n) is 12.8. The van der Waals surface area contributed by atoms with E-state index in [-0.39, 0.29) is 10.6 Å². The van der Waals surface area contributed by atoms with Crippen molar-refractivity contribution in [3.05, 3.63) is 58.6 Å². The molecule has 1 amide bonds. The van der Waals surface area contributed by atoms with Gasteiger partial charge in [-0.05, 0) is 36.6 Å². The van der Waals surface area contributed by atoms with Crippen LogP contribution in [0.15, 0.2) is 41.4 Å². The van der Waals surface area contributed by atoms with E-state index in [0.29, 0.717) is 16.5 Å². The van der Waals surface area contributed by atoms with Crippen LogP contribution in [-0.4, -0.2) is 17.3 Å². The number of amidine groups is 1. The molecule has 0 radical (unpaired) electrons. The van der Waals surface area contributed by atoms with E-state index in [1.807, 2.05) is 0 Å². The monoisotopic (exact) mass is 380 g/mol. The molecule has 2 aromatic rings. The summed E-state index contributed by atoms with van der Waals surface area (Å²) >= 11 is 7.03. The van der Waals surface area contributed by atoms with Crippen LogP contribution in [0, 0.1) is 23.1 Å². The van der Waals surface area contributed by atoms with Gasteiger partial charge in [-0.15, -0.1) is 0 Å². The first-order chi connectivity index (χ1) is 11.9. The third-order valence-corrected chi connectivity index (χ3v) is 3.84. The maximum absolute atomic E-state index is 13.3. The standard InChI is InChI=1S/C16H11ClF2N4OS/c1-25-16(21-8-20)23-10-4-2-3-9(5-10)22-15(24)11-6-13(18)14(19)7-12(11)17/h2-7H,1H3,(H,21,23)(H,22,24). The summed E-state index contributed by atoms with van der Waals surface area (Å²) in [5.41, 5.74) is 0.677. The highest BCUT2D eigenvalue weighted by Gasteiger charge is 2.15. The molecule has 0 spiro atoms. The third kappa shape index (κ3) is 4.92. The normalized spacial score (nSPS) is 10.9. The molecule has 128 valence electrons. The lowest BCUT2D eigenvalue weighted by atomic mass is 10.2. The minimum atomic E-state index is -1.17. The van der Waals surface area contributed by atoms with Gasteiger partial charge in [-0.2, -0.15) is 5.26 Å². The fourth-order valence-corrected chi connectivity index (χ4v) is 2.42. The Morgan fingerprint density at radius 2 is 2.00 bits per heavy atom. The van der Waals surface area contributed by atoms with Crippen molar-refractivity contribution >= 4 is 45.8 Å². The average molecular weight is 381 g/mol. The number of hydrogen-bond acceptors (Lipinski definition) is 4. The molecule has 0 aromatic heterocycles. The molecule has 5 nitrogen and oxygen atoms in total. The van der Waals surface area contributed by atoms with Crippen molar-refractivity contribution in [2.24, 2.45) is 4.99 Å². The summed E-state index contributed by atoms with van der Waals surface area (Å²) in [4.78, 5) is 16.4. The van der Waals surface area contributed by atoms with Gasteiger partial charge in [0.05, 0.1) is 16.3 Å². The molecule has 0 fully saturated rings. The molecule has 0 aliphatic heterocycles. The lowest BCUT2D eigenvalue weighted by Crippen LogP contribution is -2.13. The zero-order chi connectivity index (χ0) is 18.4. The van der Waals surface area contributed by atoms with E-state index in [4.69, 9.17) is 16.9 Å². The van der Waals surface area contributed by atoms with E-state index in [0.717, 1.165) is 12.1 Å². The second-order valence-corrected chi connectivity index (χ2v) is 5.81. The first kappa shape index (κ1) is 18.7. The maximum Gasteiger partial charge on any atom is 0.257 e. The minimum absolute atomic E-state index is 0.189. The van der Waals surface area contributed by atoms with Gasteiger partial charge in [0.25, 0.3) is 5.91 Å². The van der Waals surface area contributed by atoms with Gasteiger partial charge in [-0.25, -0.2) is 13.8 Å². The Balaban J connectivity index is 2.24. The summed E-state index contributed by atoms with van der Waals surface area (Å²) in [7, 11) is 0. The molecule has 0 saturated heterocycles. The number of thioether (sulfide) groups is 1. The first-order valence-electron chi connectivity index (χ1n) is 6.78. The topological polar surface area (TPSA) is 77.3 Å². The number of hydrogen-bond donors (Lipinski definition) is 2. The number of nitrogens with zero attached hydrogens (tertiary/aromatic N) is 2. The Bertz CT molecular complexity index is 883. The number of aliphatic imine (C=N–C) groups is 1. The van der Waals surface area contributed by atoms with Crippen molar-refractivity contribution in [3.8, 4) is 6.19 Å². The lowest BCUT2D eigenvalue weighted by Gasteiger charge is -2.08. The molecule has 2 rings (SSSR count). The van der Waals surface area contributed by atoms with Gasteiger partial charge in [0.2, 0.25) is 0 Å². The summed E-state index contributed by atoms with van der Waals surface area (Å²) in [6.07, 6.45) is 3.52. The highest BCUT2D eigenvalue weighted by Crippen LogP contribution is 2.23. The Hall–Kier alpha value is -2.63. The van der Waals surface area contributed by atoms with Crippen LogP contribution >= 0.6 is 23.4 Å². The molecule has 0 aliphatic rings. The molecule has 25 heavy (non-hydrogen) atoms. The Labute approximate surface area is 151 Å². The van der Waals surface area contributed by atoms with Crippen molar-refractivity contribution in [3.63, 3.8) is 0 Å². The second kappa shape index (κ2) is 8.46. The lowest BCUT2D eigenvalue weighted by molar-refractivity contribution is 0.102. The van der Waals surface area contributed by atoms with Gasteiger partial charge < -0.3 is 5.32 Å². The number of anilines is 1. The summed E-state index contributed by atoms with van der Waals surface area (Å²) in [6.45, 7) is 0. The van der Waals surface area contributed by atoms with Gasteiger partial charge in [0.15, 0.2) is 23.0 Å². The van der Waals surface area contributed by atoms with Crippen LogP contribution in [0.25, 0.3) is 0 Å². The molecular formula is C16H11ClF2N4OS. The molecule has 0 bridgehead atoms. The van der Waals surface area contributed by atoms with Gasteiger partial charge in [-0.1, -0.05) is 29.4 Å². The molecule has 0 atom stereocenters. The van der Waals surface area contributed by atoms with E-state index in [1.54, 1.807) is 36.7 Å². The smallest absolute Gasteiger partial charge is 0.257 e. The van der Waals surface area contributed by atoms with E-state index >= 15 is 0 Å². The summed E-state index contributed by atoms with van der Waals surface area (Å²) in [5.74, 6) is -2.99. The number of amides is 1. The molecule has 2 aromatic carbocycles. The predicted molar refractivity (Wildman–Crippen MR) is 95.1 cm³/mol. The van der Waals surface area contributed by atoms with E-state index in [2.05, 4.69) is 15.6 Å².